The van der Waals surface area contributed by atoms with Crippen molar-refractivity contribution in [3.8, 4) is 11.5 Å². The zero-order valence-corrected chi connectivity index (χ0v) is 12.3. The highest BCUT2D eigenvalue weighted by Crippen LogP contribution is 2.32. The Morgan fingerprint density at radius 3 is 2.83 bits per heavy atom. The van der Waals surface area contributed by atoms with Gasteiger partial charge >= 0.3 is 5.97 Å². The number of rotatable bonds is 4. The quantitative estimate of drug-likeness (QED) is 0.489. The Morgan fingerprint density at radius 1 is 1.26 bits per heavy atom. The van der Waals surface area contributed by atoms with Crippen molar-refractivity contribution in [2.75, 3.05) is 6.79 Å². The molecule has 0 atom stereocenters. The maximum absolute atomic E-state index is 12.1. The largest absolute Gasteiger partial charge is 0.457 e. The summed E-state index contributed by atoms with van der Waals surface area (Å²) in [6.07, 6.45) is 0. The summed E-state index contributed by atoms with van der Waals surface area (Å²) in [6, 6.07) is 9.55. The van der Waals surface area contributed by atoms with Gasteiger partial charge in [-0.25, -0.2) is 4.79 Å². The first-order valence-electron chi connectivity index (χ1n) is 6.86. The van der Waals surface area contributed by atoms with Crippen LogP contribution in [0.25, 0.3) is 0 Å². The van der Waals surface area contributed by atoms with Crippen LogP contribution in [0.3, 0.4) is 0 Å². The summed E-state index contributed by atoms with van der Waals surface area (Å²) in [5.41, 5.74) is 1.10. The maximum atomic E-state index is 12.1. The number of fused-ring (bicyclic) bond motifs is 1. The Kier molecular flexibility index (Phi) is 3.84. The zero-order chi connectivity index (χ0) is 16.4. The average Bonchev–Trinajstić information content (AvgIpc) is 3.00. The van der Waals surface area contributed by atoms with Gasteiger partial charge in [0.1, 0.15) is 6.61 Å². The first-order chi connectivity index (χ1) is 11.1. The lowest BCUT2D eigenvalue weighted by Crippen LogP contribution is -2.08. The van der Waals surface area contributed by atoms with E-state index in [4.69, 9.17) is 14.2 Å². The molecule has 0 saturated carbocycles. The fourth-order valence-electron chi connectivity index (χ4n) is 2.30. The van der Waals surface area contributed by atoms with Crippen LogP contribution in [0.1, 0.15) is 21.5 Å². The third kappa shape index (κ3) is 2.94. The van der Waals surface area contributed by atoms with E-state index in [1.807, 2.05) is 0 Å². The van der Waals surface area contributed by atoms with Crippen LogP contribution in [0.2, 0.25) is 0 Å². The van der Waals surface area contributed by atoms with Crippen LogP contribution in [-0.4, -0.2) is 17.7 Å². The van der Waals surface area contributed by atoms with Crippen LogP contribution < -0.4 is 9.47 Å². The van der Waals surface area contributed by atoms with Crippen LogP contribution in [0.4, 0.5) is 5.69 Å². The minimum absolute atomic E-state index is 0.0393. The molecule has 1 aliphatic rings. The van der Waals surface area contributed by atoms with Crippen LogP contribution >= 0.6 is 0 Å². The summed E-state index contributed by atoms with van der Waals surface area (Å²) in [5.74, 6) is 0.642. The molecule has 0 radical (unpaired) electrons. The third-order valence-electron chi connectivity index (χ3n) is 3.53. The molecule has 1 aliphatic heterocycles. The fraction of sp³-hybridized carbons (Fsp3) is 0.188. The Hall–Kier alpha value is -3.09. The van der Waals surface area contributed by atoms with Gasteiger partial charge in [-0.15, -0.1) is 0 Å². The van der Waals surface area contributed by atoms with Gasteiger partial charge in [0, 0.05) is 11.6 Å². The van der Waals surface area contributed by atoms with E-state index < -0.39 is 10.9 Å². The molecule has 0 unspecified atom stereocenters. The van der Waals surface area contributed by atoms with E-state index in [1.165, 1.54) is 25.1 Å². The molecular formula is C16H13NO6. The van der Waals surface area contributed by atoms with E-state index in [9.17, 15) is 14.9 Å². The van der Waals surface area contributed by atoms with Crippen molar-refractivity contribution in [2.24, 2.45) is 0 Å². The summed E-state index contributed by atoms with van der Waals surface area (Å²) in [4.78, 5) is 22.5. The van der Waals surface area contributed by atoms with Crippen molar-refractivity contribution in [2.45, 2.75) is 13.5 Å². The lowest BCUT2D eigenvalue weighted by molar-refractivity contribution is -0.385. The van der Waals surface area contributed by atoms with E-state index in [0.29, 0.717) is 11.5 Å². The monoisotopic (exact) mass is 315 g/mol. The second-order valence-corrected chi connectivity index (χ2v) is 4.97. The van der Waals surface area contributed by atoms with Crippen molar-refractivity contribution < 1.29 is 23.9 Å². The third-order valence-corrected chi connectivity index (χ3v) is 3.53. The van der Waals surface area contributed by atoms with Gasteiger partial charge in [-0.3, -0.25) is 10.1 Å². The Morgan fingerprint density at radius 2 is 2.04 bits per heavy atom. The van der Waals surface area contributed by atoms with E-state index in [1.54, 1.807) is 18.2 Å². The molecule has 7 nitrogen and oxygen atoms in total. The number of carbonyl (C=O) groups excluding carboxylic acids is 1. The van der Waals surface area contributed by atoms with E-state index in [0.717, 1.165) is 5.56 Å². The average molecular weight is 315 g/mol. The summed E-state index contributed by atoms with van der Waals surface area (Å²) < 4.78 is 15.7. The van der Waals surface area contributed by atoms with E-state index in [-0.39, 0.29) is 30.2 Å². The van der Waals surface area contributed by atoms with Crippen molar-refractivity contribution in [1.29, 1.82) is 0 Å². The van der Waals surface area contributed by atoms with E-state index >= 15 is 0 Å². The summed E-state index contributed by atoms with van der Waals surface area (Å²) in [6.45, 7) is 1.73. The molecule has 0 bridgehead atoms. The molecule has 0 aliphatic carbocycles. The lowest BCUT2D eigenvalue weighted by atomic mass is 10.1. The highest BCUT2D eigenvalue weighted by atomic mass is 16.7. The topological polar surface area (TPSA) is 87.9 Å². The number of hydrogen-bond donors (Lipinski definition) is 0. The molecule has 1 heterocycles. The number of carbonyl (C=O) groups is 1. The maximum Gasteiger partial charge on any atom is 0.338 e. The van der Waals surface area contributed by atoms with Crippen molar-refractivity contribution >= 4 is 11.7 Å². The van der Waals surface area contributed by atoms with Gasteiger partial charge in [0.25, 0.3) is 5.69 Å². The lowest BCUT2D eigenvalue weighted by Gasteiger charge is -2.08. The Balaban J connectivity index is 1.73. The Labute approximate surface area is 131 Å². The van der Waals surface area contributed by atoms with Gasteiger partial charge in [-0.05, 0) is 30.7 Å². The minimum atomic E-state index is -0.608. The summed E-state index contributed by atoms with van der Waals surface area (Å²) in [7, 11) is 0. The van der Waals surface area contributed by atoms with Gasteiger partial charge in [0.2, 0.25) is 6.79 Å². The molecule has 0 N–H and O–H groups in total. The molecule has 2 aromatic rings. The molecule has 7 heteroatoms. The van der Waals surface area contributed by atoms with E-state index in [2.05, 4.69) is 0 Å². The molecule has 0 spiro atoms. The normalized spacial score (nSPS) is 12.0. The second kappa shape index (κ2) is 5.96. The fourth-order valence-corrected chi connectivity index (χ4v) is 2.30. The highest BCUT2D eigenvalue weighted by molar-refractivity contribution is 5.92. The van der Waals surface area contributed by atoms with Crippen LogP contribution in [-0.2, 0) is 11.3 Å². The summed E-state index contributed by atoms with van der Waals surface area (Å²) in [5, 5.41) is 10.9. The van der Waals surface area contributed by atoms with Gasteiger partial charge in [-0.1, -0.05) is 12.1 Å². The number of nitro benzene ring substituents is 1. The van der Waals surface area contributed by atoms with Crippen LogP contribution in [0.5, 0.6) is 11.5 Å². The van der Waals surface area contributed by atoms with Gasteiger partial charge in [0.15, 0.2) is 11.5 Å². The van der Waals surface area contributed by atoms with Crippen LogP contribution in [0, 0.1) is 17.0 Å². The van der Waals surface area contributed by atoms with Crippen LogP contribution in [0.15, 0.2) is 36.4 Å². The number of ether oxygens (including phenoxy) is 3. The molecule has 0 amide bonds. The molecule has 3 rings (SSSR count). The predicted octanol–water partition coefficient (Wildman–Crippen LogP) is 2.99. The molecular weight excluding hydrogens is 302 g/mol. The Bertz CT molecular complexity index is 786. The molecule has 23 heavy (non-hydrogen) atoms. The molecule has 0 saturated heterocycles. The SMILES string of the molecule is Cc1c(C(=O)OCc2ccc3c(c2)OCO3)cccc1[N+](=O)[O-]. The van der Waals surface area contributed by atoms with Crippen molar-refractivity contribution in [3.05, 3.63) is 63.2 Å². The van der Waals surface area contributed by atoms with Gasteiger partial charge in [-0.2, -0.15) is 0 Å². The van der Waals surface area contributed by atoms with Gasteiger partial charge < -0.3 is 14.2 Å². The first kappa shape index (κ1) is 14.8. The van der Waals surface area contributed by atoms with Crippen molar-refractivity contribution in [1.82, 2.24) is 0 Å². The molecule has 0 aromatic heterocycles. The number of benzene rings is 2. The predicted molar refractivity (Wildman–Crippen MR) is 79.5 cm³/mol. The second-order valence-electron chi connectivity index (χ2n) is 4.97. The van der Waals surface area contributed by atoms with Gasteiger partial charge in [0.05, 0.1) is 10.5 Å². The van der Waals surface area contributed by atoms with Crippen molar-refractivity contribution in [3.63, 3.8) is 0 Å². The zero-order valence-electron chi connectivity index (χ0n) is 12.3. The highest BCUT2D eigenvalue weighted by Gasteiger charge is 2.19. The molecule has 118 valence electrons. The summed E-state index contributed by atoms with van der Waals surface area (Å²) >= 11 is 0. The smallest absolute Gasteiger partial charge is 0.338 e. The number of nitrogens with zero attached hydrogens (tertiary/aromatic N) is 1. The molecule has 2 aromatic carbocycles. The number of hydrogen-bond acceptors (Lipinski definition) is 6. The number of nitro groups is 1. The minimum Gasteiger partial charge on any atom is -0.457 e. The number of esters is 1. The first-order valence-corrected chi connectivity index (χ1v) is 6.86. The molecule has 0 fully saturated rings. The standard InChI is InChI=1S/C16H13NO6/c1-10-12(3-2-4-13(10)17(19)20)16(18)21-8-11-5-6-14-15(7-11)23-9-22-14/h2-7H,8-9H2,1H3.